The van der Waals surface area contributed by atoms with Crippen molar-refractivity contribution in [3.05, 3.63) is 58.7 Å². The molecule has 0 radical (unpaired) electrons. The second-order valence-corrected chi connectivity index (χ2v) is 4.78. The number of benzene rings is 1. The summed E-state index contributed by atoms with van der Waals surface area (Å²) in [5.74, 6) is 0.783. The number of rotatable bonds is 3. The van der Waals surface area contributed by atoms with E-state index in [0.29, 0.717) is 6.54 Å². The summed E-state index contributed by atoms with van der Waals surface area (Å²) in [5, 5.41) is 0. The Morgan fingerprint density at radius 1 is 1.05 bits per heavy atom. The molecule has 0 fully saturated rings. The quantitative estimate of drug-likeness (QED) is 0.786. The highest BCUT2D eigenvalue weighted by Gasteiger charge is 2.02. The summed E-state index contributed by atoms with van der Waals surface area (Å²) < 4.78 is 0. The number of nitrogens with zero attached hydrogens (tertiary/aromatic N) is 3. The second kappa shape index (κ2) is 5.74. The largest absolute Gasteiger partial charge is 0.281 e. The van der Waals surface area contributed by atoms with E-state index < -0.39 is 0 Å². The van der Waals surface area contributed by atoms with Gasteiger partial charge >= 0.3 is 0 Å². The fraction of sp³-hybridized carbons (Fsp3) is 0.312. The summed E-state index contributed by atoms with van der Waals surface area (Å²) in [6, 6.07) is 10.2. The average molecular weight is 253 g/mol. The van der Waals surface area contributed by atoms with Crippen LogP contribution in [-0.2, 0) is 6.54 Å². The third-order valence-corrected chi connectivity index (χ3v) is 3.02. The Hall–Kier alpha value is -2.03. The Balaban J connectivity index is 2.20. The summed E-state index contributed by atoms with van der Waals surface area (Å²) in [6.45, 7) is 8.63. The second-order valence-electron chi connectivity index (χ2n) is 4.78. The normalized spacial score (nSPS) is 11.7. The van der Waals surface area contributed by atoms with Gasteiger partial charge in [0.15, 0.2) is 0 Å². The first-order valence-corrected chi connectivity index (χ1v) is 6.44. The molecule has 0 aliphatic heterocycles. The number of aryl methyl sites for hydroxylation is 3. The minimum atomic E-state index is 0.530. The molecule has 0 unspecified atom stereocenters. The van der Waals surface area contributed by atoms with Gasteiger partial charge in [0.2, 0.25) is 0 Å². The van der Waals surface area contributed by atoms with Crippen LogP contribution in [-0.4, -0.2) is 15.7 Å². The number of hydrogen-bond acceptors (Lipinski definition) is 3. The van der Waals surface area contributed by atoms with Crippen molar-refractivity contribution in [1.29, 1.82) is 0 Å². The van der Waals surface area contributed by atoms with E-state index in [1.54, 1.807) is 0 Å². The summed E-state index contributed by atoms with van der Waals surface area (Å²) in [7, 11) is 0. The molecule has 0 bridgehead atoms. The highest BCUT2D eigenvalue weighted by atomic mass is 14.9. The lowest BCUT2D eigenvalue weighted by Crippen LogP contribution is -2.02. The van der Waals surface area contributed by atoms with Gasteiger partial charge in [0.05, 0.1) is 6.54 Å². The molecule has 0 N–H and O–H groups in total. The van der Waals surface area contributed by atoms with Gasteiger partial charge in [0.1, 0.15) is 5.82 Å². The highest BCUT2D eigenvalue weighted by Crippen LogP contribution is 2.09. The van der Waals surface area contributed by atoms with Crippen LogP contribution in [0, 0.1) is 20.8 Å². The van der Waals surface area contributed by atoms with Crippen LogP contribution >= 0.6 is 0 Å². The average Bonchev–Trinajstić information content (AvgIpc) is 2.35. The Morgan fingerprint density at radius 3 is 2.32 bits per heavy atom. The van der Waals surface area contributed by atoms with Crippen molar-refractivity contribution in [3.63, 3.8) is 0 Å². The van der Waals surface area contributed by atoms with Crippen molar-refractivity contribution in [2.75, 3.05) is 0 Å². The molecular weight excluding hydrogens is 234 g/mol. The zero-order valence-electron chi connectivity index (χ0n) is 11.9. The molecule has 1 aromatic heterocycles. The zero-order valence-corrected chi connectivity index (χ0v) is 11.9. The molecular formula is C16H19N3. The molecule has 0 atom stereocenters. The van der Waals surface area contributed by atoms with Crippen LogP contribution in [0.25, 0.3) is 0 Å². The lowest BCUT2D eigenvalue weighted by atomic mass is 10.1. The van der Waals surface area contributed by atoms with Crippen molar-refractivity contribution < 1.29 is 0 Å². The minimum absolute atomic E-state index is 0.530. The van der Waals surface area contributed by atoms with Gasteiger partial charge in [-0.05, 0) is 44.9 Å². The molecule has 3 heteroatoms. The van der Waals surface area contributed by atoms with Crippen LogP contribution in [0.5, 0.6) is 0 Å². The van der Waals surface area contributed by atoms with Gasteiger partial charge in [-0.25, -0.2) is 9.97 Å². The molecule has 19 heavy (non-hydrogen) atoms. The molecule has 1 aromatic carbocycles. The van der Waals surface area contributed by atoms with Gasteiger partial charge in [0, 0.05) is 17.1 Å². The van der Waals surface area contributed by atoms with E-state index >= 15 is 0 Å². The SMILES string of the molecule is CC(=NCc1nc(C)cc(C)n1)c1ccccc1C. The van der Waals surface area contributed by atoms with Crippen molar-refractivity contribution in [3.8, 4) is 0 Å². The van der Waals surface area contributed by atoms with Gasteiger partial charge in [-0.3, -0.25) is 4.99 Å². The van der Waals surface area contributed by atoms with Gasteiger partial charge in [0.25, 0.3) is 0 Å². The maximum Gasteiger partial charge on any atom is 0.150 e. The molecule has 98 valence electrons. The van der Waals surface area contributed by atoms with Crippen LogP contribution in [0.15, 0.2) is 35.3 Å². The first-order chi connectivity index (χ1) is 9.06. The van der Waals surface area contributed by atoms with Crippen molar-refractivity contribution in [2.24, 2.45) is 4.99 Å². The molecule has 0 aliphatic carbocycles. The van der Waals surface area contributed by atoms with E-state index in [9.17, 15) is 0 Å². The standard InChI is InChI=1S/C16H19N3/c1-11-7-5-6-8-15(11)14(4)17-10-16-18-12(2)9-13(3)19-16/h5-9H,10H2,1-4H3. The molecule has 0 aliphatic rings. The summed E-state index contributed by atoms with van der Waals surface area (Å²) in [5.41, 5.74) is 5.44. The van der Waals surface area contributed by atoms with E-state index in [2.05, 4.69) is 34.0 Å². The van der Waals surface area contributed by atoms with E-state index in [1.165, 1.54) is 11.1 Å². The molecule has 0 amide bonds. The van der Waals surface area contributed by atoms with Crippen LogP contribution in [0.2, 0.25) is 0 Å². The van der Waals surface area contributed by atoms with Crippen LogP contribution in [0.4, 0.5) is 0 Å². The van der Waals surface area contributed by atoms with Gasteiger partial charge in [-0.2, -0.15) is 0 Å². The first kappa shape index (κ1) is 13.4. The maximum atomic E-state index is 4.60. The Labute approximate surface area is 114 Å². The van der Waals surface area contributed by atoms with Crippen molar-refractivity contribution >= 4 is 5.71 Å². The van der Waals surface area contributed by atoms with Gasteiger partial charge in [-0.1, -0.05) is 24.3 Å². The van der Waals surface area contributed by atoms with Crippen LogP contribution in [0.1, 0.15) is 35.3 Å². The maximum absolute atomic E-state index is 4.60. The van der Waals surface area contributed by atoms with E-state index in [4.69, 9.17) is 0 Å². The minimum Gasteiger partial charge on any atom is -0.281 e. The molecule has 0 saturated heterocycles. The van der Waals surface area contributed by atoms with E-state index in [0.717, 1.165) is 22.9 Å². The molecule has 1 heterocycles. The predicted molar refractivity (Wildman–Crippen MR) is 78.6 cm³/mol. The Morgan fingerprint density at radius 2 is 1.68 bits per heavy atom. The first-order valence-electron chi connectivity index (χ1n) is 6.44. The predicted octanol–water partition coefficient (Wildman–Crippen LogP) is 3.41. The molecule has 2 aromatic rings. The fourth-order valence-corrected chi connectivity index (χ4v) is 2.12. The third kappa shape index (κ3) is 3.47. The Bertz CT molecular complexity index is 595. The lowest BCUT2D eigenvalue weighted by Gasteiger charge is -2.05. The number of hydrogen-bond donors (Lipinski definition) is 0. The highest BCUT2D eigenvalue weighted by molar-refractivity contribution is 5.99. The molecule has 0 saturated carbocycles. The zero-order chi connectivity index (χ0) is 13.8. The lowest BCUT2D eigenvalue weighted by molar-refractivity contribution is 0.873. The monoisotopic (exact) mass is 253 g/mol. The number of aromatic nitrogens is 2. The van der Waals surface area contributed by atoms with Crippen LogP contribution in [0.3, 0.4) is 0 Å². The van der Waals surface area contributed by atoms with Gasteiger partial charge < -0.3 is 0 Å². The van der Waals surface area contributed by atoms with Crippen LogP contribution < -0.4 is 0 Å². The van der Waals surface area contributed by atoms with E-state index in [1.807, 2.05) is 39.0 Å². The van der Waals surface area contributed by atoms with E-state index in [-0.39, 0.29) is 0 Å². The third-order valence-electron chi connectivity index (χ3n) is 3.02. The smallest absolute Gasteiger partial charge is 0.150 e. The van der Waals surface area contributed by atoms with Crippen molar-refractivity contribution in [1.82, 2.24) is 9.97 Å². The summed E-state index contributed by atoms with van der Waals surface area (Å²) >= 11 is 0. The molecule has 3 nitrogen and oxygen atoms in total. The topological polar surface area (TPSA) is 38.1 Å². The van der Waals surface area contributed by atoms with Crippen molar-refractivity contribution in [2.45, 2.75) is 34.2 Å². The molecule has 2 rings (SSSR count). The van der Waals surface area contributed by atoms with Gasteiger partial charge in [-0.15, -0.1) is 0 Å². The molecule has 0 spiro atoms. The fourth-order valence-electron chi connectivity index (χ4n) is 2.12. The summed E-state index contributed by atoms with van der Waals surface area (Å²) in [4.78, 5) is 13.4. The number of aliphatic imine (C=N–C) groups is 1. The summed E-state index contributed by atoms with van der Waals surface area (Å²) in [6.07, 6.45) is 0. The Kier molecular flexibility index (Phi) is 4.05.